The van der Waals surface area contributed by atoms with Crippen LogP contribution in [0.15, 0.2) is 12.1 Å². The first-order chi connectivity index (χ1) is 7.95. The molecule has 1 aromatic heterocycles. The highest BCUT2D eigenvalue weighted by Crippen LogP contribution is 2.34. The molecule has 6 heteroatoms. The zero-order valence-electron chi connectivity index (χ0n) is 9.46. The topological polar surface area (TPSA) is 37.8 Å². The van der Waals surface area contributed by atoms with E-state index < -0.39 is 11.9 Å². The molecule has 94 valence electrons. The minimum Gasteiger partial charge on any atom is -0.366 e. The van der Waals surface area contributed by atoms with Gasteiger partial charge in [-0.1, -0.05) is 12.8 Å². The number of halogens is 3. The Bertz CT molecular complexity index is 371. The van der Waals surface area contributed by atoms with Crippen molar-refractivity contribution in [2.45, 2.75) is 38.4 Å². The van der Waals surface area contributed by atoms with Gasteiger partial charge in [-0.15, -0.1) is 10.2 Å². The lowest BCUT2D eigenvalue weighted by Crippen LogP contribution is -2.18. The fourth-order valence-electron chi connectivity index (χ4n) is 1.73. The quantitative estimate of drug-likeness (QED) is 0.885. The average molecular weight is 245 g/mol. The summed E-state index contributed by atoms with van der Waals surface area (Å²) in [5, 5.41) is 9.74. The van der Waals surface area contributed by atoms with Crippen molar-refractivity contribution in [2.75, 3.05) is 5.32 Å². The van der Waals surface area contributed by atoms with Crippen molar-refractivity contribution >= 4 is 5.82 Å². The molecule has 1 aliphatic carbocycles. The van der Waals surface area contributed by atoms with Crippen molar-refractivity contribution in [3.05, 3.63) is 17.8 Å². The van der Waals surface area contributed by atoms with Gasteiger partial charge in [-0.25, -0.2) is 0 Å². The van der Waals surface area contributed by atoms with Crippen molar-refractivity contribution in [3.8, 4) is 0 Å². The number of nitrogens with zero attached hydrogens (tertiary/aromatic N) is 2. The maximum Gasteiger partial charge on any atom is 0.435 e. The zero-order chi connectivity index (χ0) is 12.5. The largest absolute Gasteiger partial charge is 0.435 e. The molecule has 1 N–H and O–H groups in total. The minimum atomic E-state index is -4.43. The van der Waals surface area contributed by atoms with E-state index in [4.69, 9.17) is 0 Å². The number of nitrogens with one attached hydrogen (secondary N) is 1. The highest BCUT2D eigenvalue weighted by molar-refractivity contribution is 5.34. The molecule has 2 rings (SSSR count). The van der Waals surface area contributed by atoms with Gasteiger partial charge in [-0.3, -0.25) is 0 Å². The fourth-order valence-corrected chi connectivity index (χ4v) is 1.73. The van der Waals surface area contributed by atoms with Crippen LogP contribution in [0.2, 0.25) is 0 Å². The Balaban J connectivity index is 1.92. The monoisotopic (exact) mass is 245 g/mol. The fraction of sp³-hybridized carbons (Fsp3) is 0.636. The van der Waals surface area contributed by atoms with Crippen molar-refractivity contribution < 1.29 is 13.2 Å². The first kappa shape index (κ1) is 12.1. The minimum absolute atomic E-state index is 0.216. The summed E-state index contributed by atoms with van der Waals surface area (Å²) in [5.74, 6) is 1.16. The van der Waals surface area contributed by atoms with Crippen LogP contribution in [0.5, 0.6) is 0 Å². The normalized spacial score (nSPS) is 17.9. The van der Waals surface area contributed by atoms with Crippen molar-refractivity contribution in [1.29, 1.82) is 0 Å². The number of rotatable bonds is 4. The summed E-state index contributed by atoms with van der Waals surface area (Å²) >= 11 is 0. The molecule has 1 atom stereocenters. The van der Waals surface area contributed by atoms with E-state index in [1.54, 1.807) is 0 Å². The van der Waals surface area contributed by atoms with E-state index in [1.165, 1.54) is 18.9 Å². The van der Waals surface area contributed by atoms with E-state index in [0.29, 0.717) is 5.82 Å². The third-order valence-electron chi connectivity index (χ3n) is 2.73. The standard InChI is InChI=1S/C11H14F3N3/c1-7(6-8-2-3-8)15-10-5-4-9(16-17-10)11(12,13)14/h4-5,7-8H,2-3,6H2,1H3,(H,15,17). The predicted octanol–water partition coefficient (Wildman–Crippen LogP) is 3.10. The molecule has 1 fully saturated rings. The SMILES string of the molecule is CC(CC1CC1)Nc1ccc(C(F)(F)F)nn1. The van der Waals surface area contributed by atoms with Gasteiger partial charge < -0.3 is 5.32 Å². The number of hydrogen-bond donors (Lipinski definition) is 1. The maximum atomic E-state index is 12.2. The van der Waals surface area contributed by atoms with Gasteiger partial charge in [0.25, 0.3) is 0 Å². The first-order valence-electron chi connectivity index (χ1n) is 5.62. The van der Waals surface area contributed by atoms with Crippen LogP contribution in [0, 0.1) is 5.92 Å². The molecule has 1 heterocycles. The molecule has 1 aliphatic rings. The summed E-state index contributed by atoms with van der Waals surface area (Å²) in [4.78, 5) is 0. The summed E-state index contributed by atoms with van der Waals surface area (Å²) in [6, 6.07) is 2.48. The smallest absolute Gasteiger partial charge is 0.366 e. The van der Waals surface area contributed by atoms with Gasteiger partial charge >= 0.3 is 6.18 Å². The summed E-state index contributed by atoms with van der Waals surface area (Å²) in [7, 11) is 0. The third kappa shape index (κ3) is 3.57. The van der Waals surface area contributed by atoms with Crippen LogP contribution in [0.25, 0.3) is 0 Å². The molecule has 0 aromatic carbocycles. The summed E-state index contributed by atoms with van der Waals surface area (Å²) in [6.07, 6.45) is -0.886. The zero-order valence-corrected chi connectivity index (χ0v) is 9.46. The number of anilines is 1. The van der Waals surface area contributed by atoms with Gasteiger partial charge in [0.2, 0.25) is 0 Å². The van der Waals surface area contributed by atoms with Crippen LogP contribution < -0.4 is 5.32 Å². The lowest BCUT2D eigenvalue weighted by atomic mass is 10.1. The van der Waals surface area contributed by atoms with Crippen LogP contribution in [-0.2, 0) is 6.18 Å². The molecule has 0 bridgehead atoms. The van der Waals surface area contributed by atoms with Crippen molar-refractivity contribution in [3.63, 3.8) is 0 Å². The maximum absolute atomic E-state index is 12.2. The van der Waals surface area contributed by atoms with Crippen LogP contribution in [0.4, 0.5) is 19.0 Å². The molecular formula is C11H14F3N3. The second kappa shape index (κ2) is 4.50. The van der Waals surface area contributed by atoms with Crippen LogP contribution in [0.1, 0.15) is 31.9 Å². The van der Waals surface area contributed by atoms with Crippen LogP contribution >= 0.6 is 0 Å². The molecule has 1 aromatic rings. The van der Waals surface area contributed by atoms with E-state index in [2.05, 4.69) is 15.5 Å². The molecule has 0 radical (unpaired) electrons. The molecular weight excluding hydrogens is 231 g/mol. The predicted molar refractivity (Wildman–Crippen MR) is 57.5 cm³/mol. The molecule has 17 heavy (non-hydrogen) atoms. The van der Waals surface area contributed by atoms with E-state index in [1.807, 2.05) is 6.92 Å². The molecule has 0 aliphatic heterocycles. The van der Waals surface area contributed by atoms with E-state index in [0.717, 1.165) is 18.4 Å². The highest BCUT2D eigenvalue weighted by Gasteiger charge is 2.33. The molecule has 0 saturated heterocycles. The number of aromatic nitrogens is 2. The first-order valence-corrected chi connectivity index (χ1v) is 5.62. The number of hydrogen-bond acceptors (Lipinski definition) is 3. The van der Waals surface area contributed by atoms with Gasteiger partial charge in [0.15, 0.2) is 5.69 Å². The Morgan fingerprint density at radius 2 is 2.06 bits per heavy atom. The average Bonchev–Trinajstić information content (AvgIpc) is 3.01. The van der Waals surface area contributed by atoms with Crippen molar-refractivity contribution in [1.82, 2.24) is 10.2 Å². The van der Waals surface area contributed by atoms with Gasteiger partial charge in [0, 0.05) is 6.04 Å². The Morgan fingerprint density at radius 1 is 1.35 bits per heavy atom. The second-order valence-electron chi connectivity index (χ2n) is 4.53. The molecule has 1 saturated carbocycles. The highest BCUT2D eigenvalue weighted by atomic mass is 19.4. The summed E-state index contributed by atoms with van der Waals surface area (Å²) < 4.78 is 36.7. The molecule has 0 amide bonds. The lowest BCUT2D eigenvalue weighted by Gasteiger charge is -2.13. The second-order valence-corrected chi connectivity index (χ2v) is 4.53. The molecule has 3 nitrogen and oxygen atoms in total. The van der Waals surface area contributed by atoms with E-state index >= 15 is 0 Å². The Kier molecular flexibility index (Phi) is 3.22. The Hall–Kier alpha value is -1.33. The van der Waals surface area contributed by atoms with Gasteiger partial charge in [-0.2, -0.15) is 13.2 Å². The van der Waals surface area contributed by atoms with Crippen molar-refractivity contribution in [2.24, 2.45) is 5.92 Å². The Morgan fingerprint density at radius 3 is 2.53 bits per heavy atom. The Labute approximate surface area is 97.4 Å². The number of alkyl halides is 3. The molecule has 0 spiro atoms. The van der Waals surface area contributed by atoms with Crippen LogP contribution in [-0.4, -0.2) is 16.2 Å². The lowest BCUT2D eigenvalue weighted by molar-refractivity contribution is -0.141. The van der Waals surface area contributed by atoms with Gasteiger partial charge in [0.1, 0.15) is 5.82 Å². The third-order valence-corrected chi connectivity index (χ3v) is 2.73. The molecule has 1 unspecified atom stereocenters. The van der Waals surface area contributed by atoms with Gasteiger partial charge in [-0.05, 0) is 31.4 Å². The summed E-state index contributed by atoms with van der Waals surface area (Å²) in [6.45, 7) is 2.00. The summed E-state index contributed by atoms with van der Waals surface area (Å²) in [5.41, 5.74) is -0.960. The van der Waals surface area contributed by atoms with Gasteiger partial charge in [0.05, 0.1) is 0 Å². The van der Waals surface area contributed by atoms with E-state index in [9.17, 15) is 13.2 Å². The van der Waals surface area contributed by atoms with E-state index in [-0.39, 0.29) is 6.04 Å². The van der Waals surface area contributed by atoms with Crippen LogP contribution in [0.3, 0.4) is 0 Å².